The van der Waals surface area contributed by atoms with E-state index in [1.807, 2.05) is 0 Å². The summed E-state index contributed by atoms with van der Waals surface area (Å²) in [5.74, 6) is -0.825. The number of aliphatic carboxylic acids is 1. The fourth-order valence-corrected chi connectivity index (χ4v) is 1.84. The summed E-state index contributed by atoms with van der Waals surface area (Å²) in [5, 5.41) is 23.0. The van der Waals surface area contributed by atoms with Crippen LogP contribution >= 0.6 is 0 Å². The summed E-state index contributed by atoms with van der Waals surface area (Å²) in [6.07, 6.45) is 4.68. The maximum absolute atomic E-state index is 11.3. The first kappa shape index (κ1) is 13.8. The number of rotatable bonds is 5. The lowest BCUT2D eigenvalue weighted by Crippen LogP contribution is -2.49. The van der Waals surface area contributed by atoms with Crippen LogP contribution in [0.1, 0.15) is 32.6 Å². The van der Waals surface area contributed by atoms with Crippen molar-refractivity contribution < 1.29 is 19.8 Å². The zero-order chi connectivity index (χ0) is 12.9. The highest BCUT2D eigenvalue weighted by molar-refractivity contribution is 5.79. The van der Waals surface area contributed by atoms with Crippen LogP contribution in [0.5, 0.6) is 0 Å². The van der Waals surface area contributed by atoms with Crippen LogP contribution in [-0.2, 0) is 4.79 Å². The van der Waals surface area contributed by atoms with Crippen LogP contribution < -0.4 is 10.6 Å². The quantitative estimate of drug-likeness (QED) is 0.559. The average molecular weight is 244 g/mol. The molecular weight excluding hydrogens is 224 g/mol. The van der Waals surface area contributed by atoms with Gasteiger partial charge in [-0.1, -0.05) is 12.8 Å². The van der Waals surface area contributed by atoms with Gasteiger partial charge in [-0.3, -0.25) is 0 Å². The number of carboxylic acids is 1. The van der Waals surface area contributed by atoms with E-state index in [4.69, 9.17) is 5.11 Å². The van der Waals surface area contributed by atoms with Gasteiger partial charge < -0.3 is 20.8 Å². The second-order valence-electron chi connectivity index (χ2n) is 4.79. The zero-order valence-corrected chi connectivity index (χ0v) is 10.0. The number of nitrogens with one attached hydrogen (secondary N) is 2. The third-order valence-corrected chi connectivity index (χ3v) is 3.08. The largest absolute Gasteiger partial charge is 0.479 e. The Hall–Kier alpha value is -1.30. The lowest BCUT2D eigenvalue weighted by molar-refractivity contribution is -0.155. The summed E-state index contributed by atoms with van der Waals surface area (Å²) in [6, 6.07) is -0.432. The molecule has 0 aliphatic heterocycles. The number of urea groups is 1. The highest BCUT2D eigenvalue weighted by Gasteiger charge is 2.30. The number of hydrogen-bond donors (Lipinski definition) is 4. The summed E-state index contributed by atoms with van der Waals surface area (Å²) < 4.78 is 0. The molecule has 1 saturated carbocycles. The minimum atomic E-state index is -1.93. The highest BCUT2D eigenvalue weighted by atomic mass is 16.4. The maximum atomic E-state index is 11.3. The third kappa shape index (κ3) is 4.60. The molecule has 1 unspecified atom stereocenters. The summed E-state index contributed by atoms with van der Waals surface area (Å²) in [5.41, 5.74) is -1.93. The highest BCUT2D eigenvalue weighted by Crippen LogP contribution is 2.23. The van der Waals surface area contributed by atoms with Crippen LogP contribution in [0.2, 0.25) is 0 Å². The fourth-order valence-electron chi connectivity index (χ4n) is 1.84. The second kappa shape index (κ2) is 5.86. The van der Waals surface area contributed by atoms with E-state index >= 15 is 0 Å². The van der Waals surface area contributed by atoms with Crippen LogP contribution in [0.25, 0.3) is 0 Å². The van der Waals surface area contributed by atoms with Crippen LogP contribution in [0.4, 0.5) is 4.79 Å². The molecule has 0 aromatic heterocycles. The number of amides is 2. The van der Waals surface area contributed by atoms with Gasteiger partial charge in [0.1, 0.15) is 0 Å². The van der Waals surface area contributed by atoms with Gasteiger partial charge in [-0.2, -0.15) is 0 Å². The molecule has 6 nitrogen and oxygen atoms in total. The normalized spacial score (nSPS) is 19.6. The SMILES string of the molecule is CC(O)(CNC(=O)NCC1CCCC1)C(=O)O. The number of hydrogen-bond acceptors (Lipinski definition) is 3. The lowest BCUT2D eigenvalue weighted by atomic mass is 10.1. The van der Waals surface area contributed by atoms with Gasteiger partial charge >= 0.3 is 12.0 Å². The van der Waals surface area contributed by atoms with Crippen molar-refractivity contribution in [3.05, 3.63) is 0 Å². The Kier molecular flexibility index (Phi) is 4.74. The number of carbonyl (C=O) groups excluding carboxylic acids is 1. The summed E-state index contributed by atoms with van der Waals surface area (Å²) in [6.45, 7) is 1.45. The summed E-state index contributed by atoms with van der Waals surface area (Å²) >= 11 is 0. The first-order valence-corrected chi connectivity index (χ1v) is 5.89. The number of carbonyl (C=O) groups is 2. The van der Waals surface area contributed by atoms with E-state index in [1.54, 1.807) is 0 Å². The molecule has 0 aromatic carbocycles. The Balaban J connectivity index is 2.18. The standard InChI is InChI=1S/C11H20N2O4/c1-11(17,9(14)15)7-13-10(16)12-6-8-4-2-3-5-8/h8,17H,2-7H2,1H3,(H,14,15)(H2,12,13,16). The van der Waals surface area contributed by atoms with Gasteiger partial charge in [-0.05, 0) is 25.7 Å². The topological polar surface area (TPSA) is 98.7 Å². The van der Waals surface area contributed by atoms with Gasteiger partial charge in [0.15, 0.2) is 5.60 Å². The Morgan fingerprint density at radius 3 is 2.41 bits per heavy atom. The smallest absolute Gasteiger partial charge is 0.337 e. The van der Waals surface area contributed by atoms with Crippen LogP contribution in [0.15, 0.2) is 0 Å². The van der Waals surface area contributed by atoms with Crippen molar-refractivity contribution in [3.8, 4) is 0 Å². The molecule has 1 atom stereocenters. The lowest BCUT2D eigenvalue weighted by Gasteiger charge is -2.19. The molecule has 0 radical (unpaired) electrons. The van der Waals surface area contributed by atoms with Crippen molar-refractivity contribution in [2.24, 2.45) is 5.92 Å². The van der Waals surface area contributed by atoms with Gasteiger partial charge in [0.25, 0.3) is 0 Å². The molecule has 0 bridgehead atoms. The van der Waals surface area contributed by atoms with Crippen LogP contribution in [0, 0.1) is 5.92 Å². The molecular formula is C11H20N2O4. The molecule has 1 aliphatic carbocycles. The third-order valence-electron chi connectivity index (χ3n) is 3.08. The van der Waals surface area contributed by atoms with E-state index in [-0.39, 0.29) is 6.54 Å². The molecule has 2 amide bonds. The average Bonchev–Trinajstić information content (AvgIpc) is 2.76. The minimum absolute atomic E-state index is 0.307. The van der Waals surface area contributed by atoms with E-state index in [2.05, 4.69) is 10.6 Å². The molecule has 1 rings (SSSR count). The molecule has 0 aromatic rings. The molecule has 17 heavy (non-hydrogen) atoms. The van der Waals surface area contributed by atoms with Crippen molar-refractivity contribution in [1.82, 2.24) is 10.6 Å². The Morgan fingerprint density at radius 1 is 1.29 bits per heavy atom. The second-order valence-corrected chi connectivity index (χ2v) is 4.79. The zero-order valence-electron chi connectivity index (χ0n) is 10.0. The van der Waals surface area contributed by atoms with Crippen LogP contribution in [0.3, 0.4) is 0 Å². The first-order valence-electron chi connectivity index (χ1n) is 5.89. The van der Waals surface area contributed by atoms with E-state index in [1.165, 1.54) is 12.8 Å². The predicted molar refractivity (Wildman–Crippen MR) is 61.6 cm³/mol. The van der Waals surface area contributed by atoms with Crippen molar-refractivity contribution in [2.45, 2.75) is 38.2 Å². The van der Waals surface area contributed by atoms with Crippen molar-refractivity contribution >= 4 is 12.0 Å². The molecule has 98 valence electrons. The van der Waals surface area contributed by atoms with Crippen molar-refractivity contribution in [2.75, 3.05) is 13.1 Å². The van der Waals surface area contributed by atoms with Crippen molar-refractivity contribution in [3.63, 3.8) is 0 Å². The molecule has 0 spiro atoms. The molecule has 1 aliphatic rings. The maximum Gasteiger partial charge on any atom is 0.337 e. The first-order chi connectivity index (χ1) is 7.92. The minimum Gasteiger partial charge on any atom is -0.479 e. The van der Waals surface area contributed by atoms with Gasteiger partial charge in [-0.25, -0.2) is 9.59 Å². The fraction of sp³-hybridized carbons (Fsp3) is 0.818. The van der Waals surface area contributed by atoms with Crippen LogP contribution in [-0.4, -0.2) is 40.9 Å². The van der Waals surface area contributed by atoms with E-state index < -0.39 is 17.6 Å². The van der Waals surface area contributed by atoms with Crippen molar-refractivity contribution in [1.29, 1.82) is 0 Å². The Labute approximate surface area is 100 Å². The number of carboxylic acid groups (broad SMARTS) is 1. The Bertz CT molecular complexity index is 285. The molecule has 0 heterocycles. The van der Waals surface area contributed by atoms with Gasteiger partial charge in [-0.15, -0.1) is 0 Å². The molecule has 0 saturated heterocycles. The number of aliphatic hydroxyl groups is 1. The molecule has 1 fully saturated rings. The molecule has 4 N–H and O–H groups in total. The van der Waals surface area contributed by atoms with E-state index in [0.29, 0.717) is 12.5 Å². The van der Waals surface area contributed by atoms with E-state index in [0.717, 1.165) is 19.8 Å². The molecule has 6 heteroatoms. The Morgan fingerprint density at radius 2 is 1.88 bits per heavy atom. The summed E-state index contributed by atoms with van der Waals surface area (Å²) in [7, 11) is 0. The monoisotopic (exact) mass is 244 g/mol. The predicted octanol–water partition coefficient (Wildman–Crippen LogP) is 0.311. The summed E-state index contributed by atoms with van der Waals surface area (Å²) in [4.78, 5) is 21.9. The van der Waals surface area contributed by atoms with Gasteiger partial charge in [0.2, 0.25) is 0 Å². The van der Waals surface area contributed by atoms with Gasteiger partial charge in [0, 0.05) is 6.54 Å². The van der Waals surface area contributed by atoms with E-state index in [9.17, 15) is 14.7 Å². The van der Waals surface area contributed by atoms with Gasteiger partial charge in [0.05, 0.1) is 6.54 Å².